The van der Waals surface area contributed by atoms with Gasteiger partial charge in [0.1, 0.15) is 10.8 Å². The first kappa shape index (κ1) is 16.0. The first-order chi connectivity index (χ1) is 10.2. The maximum Gasteiger partial charge on any atom is 0.123 e. The minimum Gasteiger partial charge on any atom is -0.391 e. The predicted octanol–water partition coefficient (Wildman–Crippen LogP) is 2.44. The van der Waals surface area contributed by atoms with Crippen LogP contribution < -0.4 is 5.32 Å². The molecule has 1 heterocycles. The van der Waals surface area contributed by atoms with Gasteiger partial charge >= 0.3 is 0 Å². The van der Waals surface area contributed by atoms with Crippen molar-refractivity contribution in [2.24, 2.45) is 0 Å². The summed E-state index contributed by atoms with van der Waals surface area (Å²) in [5, 5.41) is 15.6. The Morgan fingerprint density at radius 2 is 2.14 bits per heavy atom. The van der Waals surface area contributed by atoms with Gasteiger partial charge in [0.15, 0.2) is 0 Å². The minimum atomic E-state index is -0.437. The molecule has 4 nitrogen and oxygen atoms in total. The molecule has 0 spiro atoms. The number of thiazole rings is 1. The van der Waals surface area contributed by atoms with Gasteiger partial charge in [-0.05, 0) is 37.2 Å². The van der Waals surface area contributed by atoms with E-state index in [1.54, 1.807) is 19.2 Å². The number of aliphatic hydroxyl groups is 1. The highest BCUT2D eigenvalue weighted by Crippen LogP contribution is 2.23. The van der Waals surface area contributed by atoms with Gasteiger partial charge in [-0.3, -0.25) is 0 Å². The van der Waals surface area contributed by atoms with Gasteiger partial charge in [-0.2, -0.15) is 0 Å². The smallest absolute Gasteiger partial charge is 0.123 e. The summed E-state index contributed by atoms with van der Waals surface area (Å²) in [5.74, 6) is -0.244. The zero-order valence-electron chi connectivity index (χ0n) is 11.9. The molecule has 1 atom stereocenters. The van der Waals surface area contributed by atoms with Gasteiger partial charge in [-0.1, -0.05) is 0 Å². The summed E-state index contributed by atoms with van der Waals surface area (Å²) < 4.78 is 17.7. The summed E-state index contributed by atoms with van der Waals surface area (Å²) in [4.78, 5) is 4.51. The van der Waals surface area contributed by atoms with Crippen molar-refractivity contribution in [1.82, 2.24) is 10.3 Å². The van der Waals surface area contributed by atoms with Gasteiger partial charge < -0.3 is 15.2 Å². The molecule has 1 aromatic carbocycles. The summed E-state index contributed by atoms with van der Waals surface area (Å²) in [6, 6.07) is 6.33. The summed E-state index contributed by atoms with van der Waals surface area (Å²) in [6.45, 7) is 1.71. The van der Waals surface area contributed by atoms with Crippen LogP contribution in [0.25, 0.3) is 10.6 Å². The minimum absolute atomic E-state index is 0.244. The molecule has 2 N–H and O–H groups in total. The number of nitrogens with zero attached hydrogens (tertiary/aromatic N) is 1. The molecule has 1 aromatic heterocycles. The van der Waals surface area contributed by atoms with E-state index in [0.717, 1.165) is 16.3 Å². The van der Waals surface area contributed by atoms with E-state index in [2.05, 4.69) is 10.3 Å². The van der Waals surface area contributed by atoms with Crippen LogP contribution in [0.3, 0.4) is 0 Å². The van der Waals surface area contributed by atoms with Crippen LogP contribution in [0.15, 0.2) is 29.6 Å². The summed E-state index contributed by atoms with van der Waals surface area (Å²) in [5.41, 5.74) is 1.86. The Labute approximate surface area is 127 Å². The molecule has 6 heteroatoms. The Kier molecular flexibility index (Phi) is 6.25. The average Bonchev–Trinajstić information content (AvgIpc) is 2.93. The second kappa shape index (κ2) is 8.19. The van der Waals surface area contributed by atoms with Crippen LogP contribution in [0.4, 0.5) is 4.39 Å². The third kappa shape index (κ3) is 5.17. The lowest BCUT2D eigenvalue weighted by atomic mass is 10.2. The Hall–Kier alpha value is -1.34. The molecule has 0 fully saturated rings. The standard InChI is InChI=1S/C15H19FN2O2S/c1-20-9-14(19)6-7-17-8-13-10-21-15(18-13)11-2-4-12(16)5-3-11/h2-5,10,14,17,19H,6-9H2,1H3. The quantitative estimate of drug-likeness (QED) is 0.735. The lowest BCUT2D eigenvalue weighted by Crippen LogP contribution is -2.23. The Morgan fingerprint density at radius 3 is 2.86 bits per heavy atom. The zero-order chi connectivity index (χ0) is 15.1. The first-order valence-corrected chi connectivity index (χ1v) is 7.65. The van der Waals surface area contributed by atoms with Crippen molar-refractivity contribution in [3.63, 3.8) is 0 Å². The Morgan fingerprint density at radius 1 is 1.38 bits per heavy atom. The van der Waals surface area contributed by atoms with Gasteiger partial charge in [0.05, 0.1) is 18.4 Å². The molecular formula is C15H19FN2O2S. The third-order valence-electron chi connectivity index (χ3n) is 2.96. The highest BCUT2D eigenvalue weighted by Gasteiger charge is 2.06. The van der Waals surface area contributed by atoms with Crippen molar-refractivity contribution in [1.29, 1.82) is 0 Å². The summed E-state index contributed by atoms with van der Waals surface area (Å²) in [6.07, 6.45) is 0.204. The molecule has 2 rings (SSSR count). The molecule has 0 aliphatic rings. The van der Waals surface area contributed by atoms with Crippen LogP contribution >= 0.6 is 11.3 Å². The van der Waals surface area contributed by atoms with E-state index in [1.807, 2.05) is 5.38 Å². The van der Waals surface area contributed by atoms with Crippen LogP contribution in [0.1, 0.15) is 12.1 Å². The molecule has 114 valence electrons. The van der Waals surface area contributed by atoms with Gasteiger partial charge in [-0.15, -0.1) is 11.3 Å². The van der Waals surface area contributed by atoms with Crippen LogP contribution in [-0.4, -0.2) is 36.5 Å². The largest absolute Gasteiger partial charge is 0.391 e. The zero-order valence-corrected chi connectivity index (χ0v) is 12.7. The first-order valence-electron chi connectivity index (χ1n) is 6.77. The number of benzene rings is 1. The average molecular weight is 310 g/mol. The lowest BCUT2D eigenvalue weighted by molar-refractivity contribution is 0.0594. The summed E-state index contributed by atoms with van der Waals surface area (Å²) >= 11 is 1.54. The molecular weight excluding hydrogens is 291 g/mol. The molecule has 0 bridgehead atoms. The van der Waals surface area contributed by atoms with E-state index < -0.39 is 6.10 Å². The Bertz CT molecular complexity index is 545. The maximum absolute atomic E-state index is 12.9. The van der Waals surface area contributed by atoms with Crippen LogP contribution in [0.5, 0.6) is 0 Å². The van der Waals surface area contributed by atoms with Gasteiger partial charge in [-0.25, -0.2) is 9.37 Å². The van der Waals surface area contributed by atoms with Crippen LogP contribution in [0, 0.1) is 5.82 Å². The monoisotopic (exact) mass is 310 g/mol. The number of halogens is 1. The third-order valence-corrected chi connectivity index (χ3v) is 3.90. The molecule has 0 saturated heterocycles. The topological polar surface area (TPSA) is 54.4 Å². The number of hydrogen-bond acceptors (Lipinski definition) is 5. The van der Waals surface area contributed by atoms with Gasteiger partial charge in [0, 0.05) is 24.6 Å². The molecule has 2 aromatic rings. The normalized spacial score (nSPS) is 12.5. The SMILES string of the molecule is COCC(O)CCNCc1csc(-c2ccc(F)cc2)n1. The molecule has 0 aliphatic heterocycles. The van der Waals surface area contributed by atoms with Crippen molar-refractivity contribution in [2.75, 3.05) is 20.3 Å². The maximum atomic E-state index is 12.9. The van der Waals surface area contributed by atoms with E-state index in [9.17, 15) is 9.50 Å². The molecule has 0 saturated carbocycles. The fourth-order valence-electron chi connectivity index (χ4n) is 1.87. The number of nitrogens with one attached hydrogen (secondary N) is 1. The van der Waals surface area contributed by atoms with Crippen LogP contribution in [0.2, 0.25) is 0 Å². The molecule has 21 heavy (non-hydrogen) atoms. The van der Waals surface area contributed by atoms with Crippen molar-refractivity contribution < 1.29 is 14.2 Å². The van der Waals surface area contributed by atoms with Crippen molar-refractivity contribution in [2.45, 2.75) is 19.1 Å². The number of aliphatic hydroxyl groups excluding tert-OH is 1. The van der Waals surface area contributed by atoms with E-state index in [4.69, 9.17) is 4.74 Å². The second-order valence-electron chi connectivity index (χ2n) is 4.73. The molecule has 0 amide bonds. The molecule has 0 radical (unpaired) electrons. The molecule has 1 unspecified atom stereocenters. The van der Waals surface area contributed by atoms with Crippen molar-refractivity contribution in [3.05, 3.63) is 41.2 Å². The van der Waals surface area contributed by atoms with Gasteiger partial charge in [0.2, 0.25) is 0 Å². The fraction of sp³-hybridized carbons (Fsp3) is 0.400. The van der Waals surface area contributed by atoms with Gasteiger partial charge in [0.25, 0.3) is 0 Å². The molecule has 0 aliphatic carbocycles. The highest BCUT2D eigenvalue weighted by molar-refractivity contribution is 7.13. The Balaban J connectivity index is 1.79. The number of rotatable bonds is 8. The van der Waals surface area contributed by atoms with Crippen LogP contribution in [-0.2, 0) is 11.3 Å². The van der Waals surface area contributed by atoms with E-state index in [0.29, 0.717) is 26.1 Å². The number of ether oxygens (including phenoxy) is 1. The van der Waals surface area contributed by atoms with E-state index >= 15 is 0 Å². The predicted molar refractivity (Wildman–Crippen MR) is 81.7 cm³/mol. The van der Waals surface area contributed by atoms with E-state index in [1.165, 1.54) is 23.5 Å². The summed E-state index contributed by atoms with van der Waals surface area (Å²) in [7, 11) is 1.57. The van der Waals surface area contributed by atoms with Crippen molar-refractivity contribution in [3.8, 4) is 10.6 Å². The number of aromatic nitrogens is 1. The van der Waals surface area contributed by atoms with E-state index in [-0.39, 0.29) is 5.82 Å². The fourth-order valence-corrected chi connectivity index (χ4v) is 2.70. The van der Waals surface area contributed by atoms with Crippen molar-refractivity contribution >= 4 is 11.3 Å². The second-order valence-corrected chi connectivity index (χ2v) is 5.58. The number of hydrogen-bond donors (Lipinski definition) is 2. The number of methoxy groups -OCH3 is 1. The highest BCUT2D eigenvalue weighted by atomic mass is 32.1. The lowest BCUT2D eigenvalue weighted by Gasteiger charge is -2.09.